The number of nitrogens with one attached hydrogen (secondary N) is 1. The molecular weight excluding hydrogens is 320 g/mol. The SMILES string of the molecule is Cc1noc(CCNC(=O)N2CCOC(CCc3ccccc3)C2)n1. The van der Waals surface area contributed by atoms with Crippen LogP contribution in [0.15, 0.2) is 34.9 Å². The first-order valence-electron chi connectivity index (χ1n) is 8.68. The first-order valence-corrected chi connectivity index (χ1v) is 8.68. The third kappa shape index (κ3) is 5.29. The van der Waals surface area contributed by atoms with Gasteiger partial charge in [-0.05, 0) is 25.3 Å². The number of rotatable bonds is 6. The second kappa shape index (κ2) is 8.62. The highest BCUT2D eigenvalue weighted by Crippen LogP contribution is 2.12. The van der Waals surface area contributed by atoms with Crippen molar-refractivity contribution in [2.24, 2.45) is 0 Å². The molecule has 2 amide bonds. The number of carbonyl (C=O) groups excluding carboxylic acids is 1. The molecular formula is C18H24N4O3. The summed E-state index contributed by atoms with van der Waals surface area (Å²) in [6.45, 7) is 4.07. The van der Waals surface area contributed by atoms with Crippen molar-refractivity contribution in [1.29, 1.82) is 0 Å². The van der Waals surface area contributed by atoms with Crippen LogP contribution in [0.25, 0.3) is 0 Å². The molecule has 1 unspecified atom stereocenters. The van der Waals surface area contributed by atoms with Crippen molar-refractivity contribution in [3.63, 3.8) is 0 Å². The molecule has 0 saturated carbocycles. The van der Waals surface area contributed by atoms with Crippen molar-refractivity contribution in [2.45, 2.75) is 32.3 Å². The molecule has 7 heteroatoms. The third-order valence-corrected chi connectivity index (χ3v) is 4.21. The highest BCUT2D eigenvalue weighted by molar-refractivity contribution is 5.74. The summed E-state index contributed by atoms with van der Waals surface area (Å²) in [4.78, 5) is 18.2. The Kier molecular flexibility index (Phi) is 6.00. The number of carbonyl (C=O) groups is 1. The molecule has 25 heavy (non-hydrogen) atoms. The zero-order valence-corrected chi connectivity index (χ0v) is 14.5. The molecule has 3 rings (SSSR count). The van der Waals surface area contributed by atoms with Crippen LogP contribution in [0.3, 0.4) is 0 Å². The van der Waals surface area contributed by atoms with Crippen LogP contribution in [0, 0.1) is 6.92 Å². The summed E-state index contributed by atoms with van der Waals surface area (Å²) >= 11 is 0. The second-order valence-corrected chi connectivity index (χ2v) is 6.18. The molecule has 1 aliphatic rings. The molecule has 2 aromatic rings. The van der Waals surface area contributed by atoms with E-state index in [9.17, 15) is 4.79 Å². The molecule has 1 atom stereocenters. The molecule has 1 aromatic heterocycles. The van der Waals surface area contributed by atoms with Gasteiger partial charge in [-0.2, -0.15) is 4.98 Å². The van der Waals surface area contributed by atoms with Crippen LogP contribution in [0.4, 0.5) is 4.79 Å². The number of amides is 2. The van der Waals surface area contributed by atoms with Crippen molar-refractivity contribution in [3.8, 4) is 0 Å². The lowest BCUT2D eigenvalue weighted by atomic mass is 10.1. The predicted molar refractivity (Wildman–Crippen MR) is 92.2 cm³/mol. The molecule has 134 valence electrons. The number of ether oxygens (including phenoxy) is 1. The quantitative estimate of drug-likeness (QED) is 0.866. The maximum Gasteiger partial charge on any atom is 0.317 e. The van der Waals surface area contributed by atoms with E-state index in [0.717, 1.165) is 12.8 Å². The summed E-state index contributed by atoms with van der Waals surface area (Å²) in [5.74, 6) is 1.15. The lowest BCUT2D eigenvalue weighted by Gasteiger charge is -2.33. The van der Waals surface area contributed by atoms with Gasteiger partial charge in [0.1, 0.15) is 0 Å². The van der Waals surface area contributed by atoms with E-state index >= 15 is 0 Å². The molecule has 0 aliphatic carbocycles. The summed E-state index contributed by atoms with van der Waals surface area (Å²) in [6.07, 6.45) is 2.49. The van der Waals surface area contributed by atoms with Crippen LogP contribution >= 0.6 is 0 Å². The molecule has 2 heterocycles. The molecule has 1 N–H and O–H groups in total. The van der Waals surface area contributed by atoms with E-state index in [1.165, 1.54) is 5.56 Å². The largest absolute Gasteiger partial charge is 0.375 e. The maximum absolute atomic E-state index is 12.3. The fourth-order valence-electron chi connectivity index (χ4n) is 2.88. The Morgan fingerprint density at radius 2 is 2.16 bits per heavy atom. The second-order valence-electron chi connectivity index (χ2n) is 6.18. The number of benzene rings is 1. The van der Waals surface area contributed by atoms with Gasteiger partial charge in [-0.1, -0.05) is 35.5 Å². The van der Waals surface area contributed by atoms with Gasteiger partial charge in [0.05, 0.1) is 12.7 Å². The van der Waals surface area contributed by atoms with E-state index in [2.05, 4.69) is 27.6 Å². The van der Waals surface area contributed by atoms with Gasteiger partial charge >= 0.3 is 6.03 Å². The zero-order chi connectivity index (χ0) is 17.5. The summed E-state index contributed by atoms with van der Waals surface area (Å²) in [6, 6.07) is 10.3. The fraction of sp³-hybridized carbons (Fsp3) is 0.500. The minimum Gasteiger partial charge on any atom is -0.375 e. The van der Waals surface area contributed by atoms with Gasteiger partial charge in [-0.3, -0.25) is 0 Å². The molecule has 7 nitrogen and oxygen atoms in total. The normalized spacial score (nSPS) is 17.5. The Bertz CT molecular complexity index is 674. The molecule has 1 aliphatic heterocycles. The summed E-state index contributed by atoms with van der Waals surface area (Å²) < 4.78 is 10.8. The molecule has 0 spiro atoms. The number of aryl methyl sites for hydroxylation is 2. The van der Waals surface area contributed by atoms with Gasteiger partial charge in [0.15, 0.2) is 5.82 Å². The molecule has 1 fully saturated rings. The van der Waals surface area contributed by atoms with Crippen LogP contribution in [0.5, 0.6) is 0 Å². The minimum atomic E-state index is -0.0655. The first-order chi connectivity index (χ1) is 12.2. The van der Waals surface area contributed by atoms with Crippen LogP contribution in [0.1, 0.15) is 23.7 Å². The van der Waals surface area contributed by atoms with Crippen molar-refractivity contribution >= 4 is 6.03 Å². The summed E-state index contributed by atoms with van der Waals surface area (Å²) in [5.41, 5.74) is 1.29. The Balaban J connectivity index is 1.40. The Labute approximate surface area is 147 Å². The number of aromatic nitrogens is 2. The zero-order valence-electron chi connectivity index (χ0n) is 14.5. The minimum absolute atomic E-state index is 0.0655. The maximum atomic E-state index is 12.3. The number of nitrogens with zero attached hydrogens (tertiary/aromatic N) is 3. The molecule has 1 saturated heterocycles. The van der Waals surface area contributed by atoms with Crippen LogP contribution in [-0.4, -0.2) is 53.4 Å². The van der Waals surface area contributed by atoms with Crippen molar-refractivity contribution < 1.29 is 14.1 Å². The van der Waals surface area contributed by atoms with Crippen molar-refractivity contribution in [3.05, 3.63) is 47.6 Å². The van der Waals surface area contributed by atoms with Gasteiger partial charge in [0.25, 0.3) is 0 Å². The first kappa shape index (κ1) is 17.4. The third-order valence-electron chi connectivity index (χ3n) is 4.21. The van der Waals surface area contributed by atoms with E-state index in [-0.39, 0.29) is 12.1 Å². The van der Waals surface area contributed by atoms with Crippen molar-refractivity contribution in [2.75, 3.05) is 26.2 Å². The number of hydrogen-bond donors (Lipinski definition) is 1. The molecule has 0 bridgehead atoms. The smallest absolute Gasteiger partial charge is 0.317 e. The average Bonchev–Trinajstić information content (AvgIpc) is 3.06. The highest BCUT2D eigenvalue weighted by Gasteiger charge is 2.23. The van der Waals surface area contributed by atoms with Gasteiger partial charge in [-0.15, -0.1) is 0 Å². The molecule has 1 aromatic carbocycles. The van der Waals surface area contributed by atoms with Crippen LogP contribution < -0.4 is 5.32 Å². The van der Waals surface area contributed by atoms with Gasteiger partial charge in [0.2, 0.25) is 5.89 Å². The predicted octanol–water partition coefficient (Wildman–Crippen LogP) is 1.96. The van der Waals surface area contributed by atoms with E-state index < -0.39 is 0 Å². The highest BCUT2D eigenvalue weighted by atomic mass is 16.5. The fourth-order valence-corrected chi connectivity index (χ4v) is 2.88. The van der Waals surface area contributed by atoms with Gasteiger partial charge in [-0.25, -0.2) is 4.79 Å². The lowest BCUT2D eigenvalue weighted by Crippen LogP contribution is -2.50. The Hall–Kier alpha value is -2.41. The number of morpholine rings is 1. The van der Waals surface area contributed by atoms with Crippen molar-refractivity contribution in [1.82, 2.24) is 20.4 Å². The van der Waals surface area contributed by atoms with E-state index in [1.807, 2.05) is 23.1 Å². The topological polar surface area (TPSA) is 80.5 Å². The average molecular weight is 344 g/mol. The summed E-state index contributed by atoms with van der Waals surface area (Å²) in [7, 11) is 0. The van der Waals surface area contributed by atoms with E-state index in [1.54, 1.807) is 6.92 Å². The van der Waals surface area contributed by atoms with E-state index in [4.69, 9.17) is 9.26 Å². The lowest BCUT2D eigenvalue weighted by molar-refractivity contribution is -0.0176. The van der Waals surface area contributed by atoms with Gasteiger partial charge < -0.3 is 19.5 Å². The summed E-state index contributed by atoms with van der Waals surface area (Å²) in [5, 5.41) is 6.64. The Morgan fingerprint density at radius 1 is 1.32 bits per heavy atom. The standard InChI is InChI=1S/C18H24N4O3/c1-14-20-17(25-21-14)9-10-19-18(23)22-11-12-24-16(13-22)8-7-15-5-3-2-4-6-15/h2-6,16H,7-13H2,1H3,(H,19,23). The van der Waals surface area contributed by atoms with E-state index in [0.29, 0.717) is 44.4 Å². The number of hydrogen-bond acceptors (Lipinski definition) is 5. The van der Waals surface area contributed by atoms with Gasteiger partial charge in [0, 0.05) is 26.1 Å². The number of urea groups is 1. The monoisotopic (exact) mass is 344 g/mol. The van der Waals surface area contributed by atoms with Crippen LogP contribution in [-0.2, 0) is 17.6 Å². The molecule has 0 radical (unpaired) electrons. The van der Waals surface area contributed by atoms with Crippen LogP contribution in [0.2, 0.25) is 0 Å². The Morgan fingerprint density at radius 3 is 2.92 bits per heavy atom.